The third kappa shape index (κ3) is 2.94. The van der Waals surface area contributed by atoms with Crippen molar-refractivity contribution < 1.29 is 9.84 Å². The smallest absolute Gasteiger partial charge is 0.103 e. The van der Waals surface area contributed by atoms with Gasteiger partial charge in [-0.15, -0.1) is 0 Å². The van der Waals surface area contributed by atoms with Crippen molar-refractivity contribution in [2.75, 3.05) is 0 Å². The lowest BCUT2D eigenvalue weighted by molar-refractivity contribution is -0.116. The van der Waals surface area contributed by atoms with Crippen LogP contribution in [0.15, 0.2) is 0 Å². The Morgan fingerprint density at radius 1 is 0.966 bits per heavy atom. The molecule has 0 aromatic carbocycles. The van der Waals surface area contributed by atoms with Crippen LogP contribution in [0, 0.1) is 46.3 Å². The molecule has 166 valence electrons. The first-order chi connectivity index (χ1) is 13.7. The van der Waals surface area contributed by atoms with E-state index in [1.54, 1.807) is 0 Å². The van der Waals surface area contributed by atoms with Crippen LogP contribution in [0.1, 0.15) is 105 Å². The molecule has 5 fully saturated rings. The van der Waals surface area contributed by atoms with E-state index in [0.29, 0.717) is 16.9 Å². The first-order valence-corrected chi connectivity index (χ1v) is 13.1. The average molecular weight is 403 g/mol. The zero-order chi connectivity index (χ0) is 20.6. The summed E-state index contributed by atoms with van der Waals surface area (Å²) in [6.07, 6.45) is 14.8. The second kappa shape index (κ2) is 6.96. The highest BCUT2D eigenvalue weighted by Crippen LogP contribution is 2.74. The van der Waals surface area contributed by atoms with Gasteiger partial charge in [0.05, 0.1) is 12.2 Å². The molecular formula is C27H46O2. The zero-order valence-corrected chi connectivity index (χ0v) is 19.8. The first-order valence-electron chi connectivity index (χ1n) is 13.1. The first kappa shape index (κ1) is 20.8. The third-order valence-electron chi connectivity index (χ3n) is 11.3. The second-order valence-electron chi connectivity index (χ2n) is 13.0. The van der Waals surface area contributed by atoms with E-state index in [1.807, 2.05) is 0 Å². The monoisotopic (exact) mass is 402 g/mol. The molecule has 5 rings (SSSR count). The fourth-order valence-electron chi connectivity index (χ4n) is 9.68. The van der Waals surface area contributed by atoms with Crippen LogP contribution in [-0.4, -0.2) is 22.9 Å². The van der Waals surface area contributed by atoms with Gasteiger partial charge in [-0.1, -0.05) is 53.9 Å². The molecule has 4 saturated carbocycles. The van der Waals surface area contributed by atoms with Crippen molar-refractivity contribution >= 4 is 0 Å². The number of aliphatic hydroxyl groups excluding tert-OH is 1. The number of aliphatic hydroxyl groups is 1. The molecule has 0 radical (unpaired) electrons. The van der Waals surface area contributed by atoms with Gasteiger partial charge in [0.1, 0.15) is 5.60 Å². The molecule has 0 aromatic rings. The van der Waals surface area contributed by atoms with Crippen LogP contribution < -0.4 is 0 Å². The van der Waals surface area contributed by atoms with Gasteiger partial charge in [0.25, 0.3) is 0 Å². The normalized spacial score (nSPS) is 54.3. The van der Waals surface area contributed by atoms with E-state index in [4.69, 9.17) is 4.74 Å². The molecule has 1 aliphatic heterocycles. The van der Waals surface area contributed by atoms with Gasteiger partial charge in [0.15, 0.2) is 0 Å². The Balaban J connectivity index is 1.33. The van der Waals surface area contributed by atoms with Crippen molar-refractivity contribution in [2.24, 2.45) is 46.3 Å². The predicted molar refractivity (Wildman–Crippen MR) is 119 cm³/mol. The molecule has 5 aliphatic rings. The largest absolute Gasteiger partial charge is 0.393 e. The molecule has 0 bridgehead atoms. The van der Waals surface area contributed by atoms with Gasteiger partial charge in [-0.3, -0.25) is 0 Å². The lowest BCUT2D eigenvalue weighted by atomic mass is 9.44. The van der Waals surface area contributed by atoms with Gasteiger partial charge < -0.3 is 9.84 Å². The van der Waals surface area contributed by atoms with Crippen molar-refractivity contribution in [1.29, 1.82) is 0 Å². The summed E-state index contributed by atoms with van der Waals surface area (Å²) in [5.74, 6) is 5.31. The SMILES string of the molecule is CC(C)CCC[C@@H](C)[C@H]1CC[C@H]2[C@@H]3C[C@H]4O[C@@]45C[C@@H](O)CC[C@]5(C)[C@H]3CC[C@]12C. The highest BCUT2D eigenvalue weighted by atomic mass is 16.6. The maximum Gasteiger partial charge on any atom is 0.103 e. The molecule has 4 aliphatic carbocycles. The average Bonchev–Trinajstić information content (AvgIpc) is 3.22. The molecule has 1 spiro atoms. The number of hydrogen-bond acceptors (Lipinski definition) is 2. The van der Waals surface area contributed by atoms with Crippen molar-refractivity contribution in [3.05, 3.63) is 0 Å². The van der Waals surface area contributed by atoms with Crippen LogP contribution in [0.4, 0.5) is 0 Å². The third-order valence-corrected chi connectivity index (χ3v) is 11.3. The summed E-state index contributed by atoms with van der Waals surface area (Å²) >= 11 is 0. The molecular weight excluding hydrogens is 356 g/mol. The molecule has 0 unspecified atom stereocenters. The standard InChI is InChI=1S/C27H46O2/c1-17(2)7-6-8-18(3)21-9-10-22-20-15-24-27(29-24)16-19(28)11-14-26(27,5)23(20)12-13-25(21,22)4/h17-24,28H,6-16H2,1-5H3/t18-,19+,20+,21-,22+,23+,24-,25-,26-,27+/m1/s1. The summed E-state index contributed by atoms with van der Waals surface area (Å²) in [6.45, 7) is 12.6. The molecule has 0 amide bonds. The van der Waals surface area contributed by atoms with E-state index in [1.165, 1.54) is 57.8 Å². The van der Waals surface area contributed by atoms with E-state index in [2.05, 4.69) is 34.6 Å². The molecule has 2 heteroatoms. The fraction of sp³-hybridized carbons (Fsp3) is 1.00. The molecule has 1 heterocycles. The highest BCUT2D eigenvalue weighted by Gasteiger charge is 2.76. The van der Waals surface area contributed by atoms with Crippen molar-refractivity contribution in [2.45, 2.75) is 123 Å². The Bertz CT molecular complexity index is 630. The van der Waals surface area contributed by atoms with E-state index >= 15 is 0 Å². The van der Waals surface area contributed by atoms with Gasteiger partial charge in [-0.05, 0) is 85.9 Å². The Hall–Kier alpha value is -0.0800. The topological polar surface area (TPSA) is 32.8 Å². The van der Waals surface area contributed by atoms with Crippen LogP contribution in [0.3, 0.4) is 0 Å². The maximum absolute atomic E-state index is 10.4. The Morgan fingerprint density at radius 3 is 2.52 bits per heavy atom. The zero-order valence-electron chi connectivity index (χ0n) is 19.8. The summed E-state index contributed by atoms with van der Waals surface area (Å²) in [5, 5.41) is 10.4. The minimum atomic E-state index is -0.124. The number of fused-ring (bicyclic) bond motifs is 4. The van der Waals surface area contributed by atoms with Crippen molar-refractivity contribution in [3.8, 4) is 0 Å². The van der Waals surface area contributed by atoms with Gasteiger partial charge in [0.2, 0.25) is 0 Å². The van der Waals surface area contributed by atoms with Crippen LogP contribution in [0.2, 0.25) is 0 Å². The minimum absolute atomic E-state index is 0.0434. The molecule has 0 aromatic heterocycles. The number of rotatable bonds is 5. The molecule has 1 saturated heterocycles. The maximum atomic E-state index is 10.4. The number of epoxide rings is 1. The fourth-order valence-corrected chi connectivity index (χ4v) is 9.68. The summed E-state index contributed by atoms with van der Waals surface area (Å²) in [5.41, 5.74) is 0.932. The summed E-state index contributed by atoms with van der Waals surface area (Å²) in [4.78, 5) is 0. The lowest BCUT2D eigenvalue weighted by Crippen LogP contribution is -2.58. The van der Waals surface area contributed by atoms with E-state index in [0.717, 1.165) is 48.3 Å². The van der Waals surface area contributed by atoms with E-state index in [9.17, 15) is 5.11 Å². The quantitative estimate of drug-likeness (QED) is 0.525. The van der Waals surface area contributed by atoms with Crippen LogP contribution >= 0.6 is 0 Å². The van der Waals surface area contributed by atoms with Crippen LogP contribution in [0.25, 0.3) is 0 Å². The van der Waals surface area contributed by atoms with E-state index < -0.39 is 0 Å². The van der Waals surface area contributed by atoms with Crippen LogP contribution in [0.5, 0.6) is 0 Å². The van der Waals surface area contributed by atoms with Gasteiger partial charge >= 0.3 is 0 Å². The lowest BCUT2D eigenvalue weighted by Gasteiger charge is -2.59. The summed E-state index contributed by atoms with van der Waals surface area (Å²) < 4.78 is 6.51. The molecule has 29 heavy (non-hydrogen) atoms. The van der Waals surface area contributed by atoms with Crippen LogP contribution in [-0.2, 0) is 4.74 Å². The minimum Gasteiger partial charge on any atom is -0.393 e. The summed E-state index contributed by atoms with van der Waals surface area (Å²) in [6, 6.07) is 0. The summed E-state index contributed by atoms with van der Waals surface area (Å²) in [7, 11) is 0. The van der Waals surface area contributed by atoms with Gasteiger partial charge in [-0.25, -0.2) is 0 Å². The van der Waals surface area contributed by atoms with Crippen molar-refractivity contribution in [3.63, 3.8) is 0 Å². The number of ether oxygens (including phenoxy) is 1. The van der Waals surface area contributed by atoms with Crippen molar-refractivity contribution in [1.82, 2.24) is 0 Å². The Labute approximate surface area is 179 Å². The van der Waals surface area contributed by atoms with E-state index in [-0.39, 0.29) is 11.7 Å². The predicted octanol–water partition coefficient (Wildman–Crippen LogP) is 6.60. The molecule has 2 nitrogen and oxygen atoms in total. The molecule has 10 atom stereocenters. The van der Waals surface area contributed by atoms with Gasteiger partial charge in [0, 0.05) is 11.8 Å². The Kier molecular flexibility index (Phi) is 4.99. The second-order valence-corrected chi connectivity index (χ2v) is 13.0. The highest BCUT2D eigenvalue weighted by molar-refractivity contribution is 5.24. The van der Waals surface area contributed by atoms with Gasteiger partial charge in [-0.2, -0.15) is 0 Å². The number of hydrogen-bond donors (Lipinski definition) is 1. The molecule has 1 N–H and O–H groups in total. The Morgan fingerprint density at radius 2 is 1.76 bits per heavy atom.